The molecule has 0 aliphatic heterocycles. The molecule has 0 saturated carbocycles. The van der Waals surface area contributed by atoms with Gasteiger partial charge in [-0.15, -0.1) is 0 Å². The molecule has 0 aliphatic rings. The van der Waals surface area contributed by atoms with Gasteiger partial charge in [-0.1, -0.05) is 0 Å². The van der Waals surface area contributed by atoms with Crippen LogP contribution in [-0.2, 0) is 6.42 Å². The normalized spacial score (nSPS) is 10.1. The molecule has 104 valence electrons. The number of rotatable bonds is 5. The van der Waals surface area contributed by atoms with Gasteiger partial charge >= 0.3 is 0 Å². The van der Waals surface area contributed by atoms with Crippen LogP contribution in [-0.4, -0.2) is 24.5 Å². The van der Waals surface area contributed by atoms with E-state index in [1.54, 1.807) is 30.6 Å². The molecule has 0 unspecified atom stereocenters. The Morgan fingerprint density at radius 3 is 2.75 bits per heavy atom. The van der Waals surface area contributed by atoms with E-state index in [2.05, 4.69) is 10.3 Å². The predicted molar refractivity (Wildman–Crippen MR) is 77.7 cm³/mol. The van der Waals surface area contributed by atoms with Crippen LogP contribution in [0.1, 0.15) is 15.9 Å². The molecular weight excluding hydrogens is 254 g/mol. The summed E-state index contributed by atoms with van der Waals surface area (Å²) in [5, 5.41) is 2.85. The van der Waals surface area contributed by atoms with Crippen LogP contribution < -0.4 is 15.8 Å². The maximum atomic E-state index is 12.1. The van der Waals surface area contributed by atoms with Gasteiger partial charge in [-0.25, -0.2) is 0 Å². The predicted octanol–water partition coefficient (Wildman–Crippen LogP) is 1.64. The Kier molecular flexibility index (Phi) is 4.55. The van der Waals surface area contributed by atoms with Gasteiger partial charge in [0.1, 0.15) is 5.75 Å². The van der Waals surface area contributed by atoms with E-state index in [1.807, 2.05) is 12.1 Å². The second-order valence-electron chi connectivity index (χ2n) is 4.32. The van der Waals surface area contributed by atoms with Gasteiger partial charge in [0.05, 0.1) is 12.7 Å². The van der Waals surface area contributed by atoms with Crippen LogP contribution in [0.15, 0.2) is 42.7 Å². The molecule has 1 heterocycles. The number of nitrogens with two attached hydrogens (primary N) is 1. The van der Waals surface area contributed by atoms with Crippen molar-refractivity contribution in [3.63, 3.8) is 0 Å². The van der Waals surface area contributed by atoms with E-state index < -0.39 is 0 Å². The maximum absolute atomic E-state index is 12.1. The Morgan fingerprint density at radius 1 is 1.30 bits per heavy atom. The summed E-state index contributed by atoms with van der Waals surface area (Å²) < 4.78 is 5.16. The minimum Gasteiger partial charge on any atom is -0.496 e. The van der Waals surface area contributed by atoms with E-state index in [0.29, 0.717) is 23.5 Å². The molecule has 0 atom stereocenters. The molecule has 2 rings (SSSR count). The monoisotopic (exact) mass is 271 g/mol. The van der Waals surface area contributed by atoms with E-state index in [4.69, 9.17) is 10.5 Å². The fourth-order valence-corrected chi connectivity index (χ4v) is 1.87. The summed E-state index contributed by atoms with van der Waals surface area (Å²) >= 11 is 0. The number of nitrogen functional groups attached to an aromatic ring is 1. The summed E-state index contributed by atoms with van der Waals surface area (Å²) in [4.78, 5) is 16.1. The molecule has 0 bridgehead atoms. The highest BCUT2D eigenvalue weighted by Crippen LogP contribution is 2.20. The summed E-state index contributed by atoms with van der Waals surface area (Å²) in [6, 6.07) is 8.85. The van der Waals surface area contributed by atoms with Crippen LogP contribution in [0.4, 0.5) is 5.69 Å². The summed E-state index contributed by atoms with van der Waals surface area (Å²) in [7, 11) is 1.53. The van der Waals surface area contributed by atoms with Gasteiger partial charge in [-0.05, 0) is 42.3 Å². The zero-order chi connectivity index (χ0) is 14.4. The number of carbonyl (C=O) groups is 1. The van der Waals surface area contributed by atoms with Crippen LogP contribution in [0, 0.1) is 0 Å². The number of amides is 1. The van der Waals surface area contributed by atoms with Crippen molar-refractivity contribution in [1.82, 2.24) is 10.3 Å². The second kappa shape index (κ2) is 6.56. The highest BCUT2D eigenvalue weighted by Gasteiger charge is 2.11. The molecular formula is C15H17N3O2. The number of ether oxygens (including phenoxy) is 1. The summed E-state index contributed by atoms with van der Waals surface area (Å²) in [6.45, 7) is 0.542. The molecule has 0 aliphatic carbocycles. The number of pyridine rings is 1. The van der Waals surface area contributed by atoms with Crippen molar-refractivity contribution >= 4 is 11.6 Å². The molecule has 2 aromatic rings. The van der Waals surface area contributed by atoms with E-state index >= 15 is 0 Å². The highest BCUT2D eigenvalue weighted by atomic mass is 16.5. The van der Waals surface area contributed by atoms with Gasteiger partial charge in [0.25, 0.3) is 5.91 Å². The van der Waals surface area contributed by atoms with Gasteiger partial charge in [-0.2, -0.15) is 0 Å². The first-order chi connectivity index (χ1) is 9.70. The average Bonchev–Trinajstić information content (AvgIpc) is 2.48. The van der Waals surface area contributed by atoms with Crippen molar-refractivity contribution in [3.05, 3.63) is 53.9 Å². The fourth-order valence-electron chi connectivity index (χ4n) is 1.87. The van der Waals surface area contributed by atoms with Crippen LogP contribution in [0.25, 0.3) is 0 Å². The van der Waals surface area contributed by atoms with Crippen LogP contribution >= 0.6 is 0 Å². The Bertz CT molecular complexity index is 585. The molecule has 3 N–H and O–H groups in total. The van der Waals surface area contributed by atoms with Crippen LogP contribution in [0.3, 0.4) is 0 Å². The lowest BCUT2D eigenvalue weighted by Crippen LogP contribution is -2.26. The number of methoxy groups -OCH3 is 1. The molecule has 1 aromatic heterocycles. The van der Waals surface area contributed by atoms with Crippen molar-refractivity contribution in [2.24, 2.45) is 0 Å². The van der Waals surface area contributed by atoms with Gasteiger partial charge in [0.15, 0.2) is 0 Å². The quantitative estimate of drug-likeness (QED) is 0.810. The maximum Gasteiger partial charge on any atom is 0.255 e. The summed E-state index contributed by atoms with van der Waals surface area (Å²) in [6.07, 6.45) is 4.22. The van der Waals surface area contributed by atoms with E-state index in [9.17, 15) is 4.79 Å². The van der Waals surface area contributed by atoms with Crippen molar-refractivity contribution in [2.45, 2.75) is 6.42 Å². The van der Waals surface area contributed by atoms with Gasteiger partial charge in [0, 0.05) is 24.6 Å². The number of anilines is 1. The SMILES string of the molecule is COc1ccc(N)cc1C(=O)NCCc1ccncc1. The third kappa shape index (κ3) is 3.47. The van der Waals surface area contributed by atoms with Gasteiger partial charge in [0.2, 0.25) is 0 Å². The summed E-state index contributed by atoms with van der Waals surface area (Å²) in [5.74, 6) is 0.323. The minimum absolute atomic E-state index is 0.191. The first-order valence-electron chi connectivity index (χ1n) is 6.31. The number of benzene rings is 1. The van der Waals surface area contributed by atoms with Crippen molar-refractivity contribution in [2.75, 3.05) is 19.4 Å². The number of nitrogens with one attached hydrogen (secondary N) is 1. The first kappa shape index (κ1) is 13.9. The molecule has 5 heteroatoms. The number of hydrogen-bond donors (Lipinski definition) is 2. The van der Waals surface area contributed by atoms with Crippen molar-refractivity contribution < 1.29 is 9.53 Å². The Balaban J connectivity index is 1.97. The largest absolute Gasteiger partial charge is 0.496 e. The average molecular weight is 271 g/mol. The molecule has 0 spiro atoms. The van der Waals surface area contributed by atoms with E-state index in [1.165, 1.54) is 7.11 Å². The minimum atomic E-state index is -0.191. The first-order valence-corrected chi connectivity index (χ1v) is 6.31. The number of hydrogen-bond acceptors (Lipinski definition) is 4. The topological polar surface area (TPSA) is 77.2 Å². The highest BCUT2D eigenvalue weighted by molar-refractivity contribution is 5.97. The third-order valence-corrected chi connectivity index (χ3v) is 2.92. The number of aromatic nitrogens is 1. The van der Waals surface area contributed by atoms with Crippen molar-refractivity contribution in [3.8, 4) is 5.75 Å². The smallest absolute Gasteiger partial charge is 0.255 e. The molecule has 0 saturated heterocycles. The zero-order valence-electron chi connectivity index (χ0n) is 11.3. The standard InChI is InChI=1S/C15H17N3O2/c1-20-14-3-2-12(16)10-13(14)15(19)18-9-6-11-4-7-17-8-5-11/h2-5,7-8,10H,6,9,16H2,1H3,(H,18,19). The van der Waals surface area contributed by atoms with Crippen LogP contribution in [0.2, 0.25) is 0 Å². The Labute approximate surface area is 117 Å². The third-order valence-electron chi connectivity index (χ3n) is 2.92. The molecule has 1 amide bonds. The molecule has 1 aromatic carbocycles. The lowest BCUT2D eigenvalue weighted by Gasteiger charge is -2.10. The van der Waals surface area contributed by atoms with E-state index in [-0.39, 0.29) is 5.91 Å². The molecule has 0 fully saturated rings. The zero-order valence-corrected chi connectivity index (χ0v) is 11.3. The fraction of sp³-hybridized carbons (Fsp3) is 0.200. The Hall–Kier alpha value is -2.56. The van der Waals surface area contributed by atoms with Gasteiger partial charge in [-0.3, -0.25) is 9.78 Å². The lowest BCUT2D eigenvalue weighted by molar-refractivity contribution is 0.0951. The van der Waals surface area contributed by atoms with Crippen LogP contribution in [0.5, 0.6) is 5.75 Å². The Morgan fingerprint density at radius 2 is 2.05 bits per heavy atom. The molecule has 20 heavy (non-hydrogen) atoms. The molecule has 5 nitrogen and oxygen atoms in total. The molecule has 0 radical (unpaired) electrons. The van der Waals surface area contributed by atoms with Crippen molar-refractivity contribution in [1.29, 1.82) is 0 Å². The lowest BCUT2D eigenvalue weighted by atomic mass is 10.1. The van der Waals surface area contributed by atoms with Gasteiger partial charge < -0.3 is 15.8 Å². The number of nitrogens with zero attached hydrogens (tertiary/aromatic N) is 1. The number of carbonyl (C=O) groups excluding carboxylic acids is 1. The second-order valence-corrected chi connectivity index (χ2v) is 4.32. The van der Waals surface area contributed by atoms with E-state index in [0.717, 1.165) is 12.0 Å². The summed E-state index contributed by atoms with van der Waals surface area (Å²) in [5.41, 5.74) is 7.80.